The van der Waals surface area contributed by atoms with E-state index in [2.05, 4.69) is 18.5 Å². The molecule has 0 aromatic heterocycles. The Hall–Kier alpha value is -2.86. The first-order valence-electron chi connectivity index (χ1n) is 9.41. The maximum atomic E-state index is 12.7. The van der Waals surface area contributed by atoms with Gasteiger partial charge in [-0.1, -0.05) is 42.5 Å². The fraction of sp³-hybridized carbons (Fsp3) is 0.364. The summed E-state index contributed by atoms with van der Waals surface area (Å²) < 4.78 is 5.36. The molecule has 1 aliphatic heterocycles. The van der Waals surface area contributed by atoms with Crippen molar-refractivity contribution in [2.24, 2.45) is 0 Å². The number of para-hydroxylation sites is 1. The first kappa shape index (κ1) is 21.4. The molecule has 1 atom stereocenters. The molecule has 0 aliphatic carbocycles. The number of rotatable bonds is 10. The molecule has 1 heterocycles. The lowest BCUT2D eigenvalue weighted by atomic mass is 10.1. The molecule has 2 amide bonds. The highest BCUT2D eigenvalue weighted by Crippen LogP contribution is 2.19. The minimum Gasteiger partial charge on any atom is -0.496 e. The summed E-state index contributed by atoms with van der Waals surface area (Å²) in [5.74, 6) is 0.606. The summed E-state index contributed by atoms with van der Waals surface area (Å²) in [6.07, 6.45) is 7.47. The van der Waals surface area contributed by atoms with Crippen molar-refractivity contribution in [1.82, 2.24) is 15.1 Å². The van der Waals surface area contributed by atoms with Crippen LogP contribution in [0.1, 0.15) is 12.0 Å². The standard InChI is InChI=1S/C22H29N3O3/c1-4-13-25(14-5-2)21(26)17-19-22(27)23-12-16-24(19)15-8-10-18-9-6-7-11-20(18)28-3/h4-11,19H,1-2,12-17H2,3H3,(H,23,27). The normalized spacial score (nSPS) is 17.2. The van der Waals surface area contributed by atoms with Crippen molar-refractivity contribution in [3.05, 3.63) is 61.2 Å². The van der Waals surface area contributed by atoms with Gasteiger partial charge in [0.1, 0.15) is 5.75 Å². The van der Waals surface area contributed by atoms with Gasteiger partial charge in [0.2, 0.25) is 11.8 Å². The van der Waals surface area contributed by atoms with Gasteiger partial charge in [0, 0.05) is 38.3 Å². The molecule has 150 valence electrons. The molecule has 1 fully saturated rings. The highest BCUT2D eigenvalue weighted by molar-refractivity contribution is 5.89. The zero-order valence-electron chi connectivity index (χ0n) is 16.5. The third-order valence-electron chi connectivity index (χ3n) is 4.64. The summed E-state index contributed by atoms with van der Waals surface area (Å²) in [6, 6.07) is 7.27. The predicted octanol–water partition coefficient (Wildman–Crippen LogP) is 2.10. The number of piperazine rings is 1. The summed E-state index contributed by atoms with van der Waals surface area (Å²) in [5, 5.41) is 2.86. The van der Waals surface area contributed by atoms with Crippen molar-refractivity contribution in [2.75, 3.05) is 39.8 Å². The summed E-state index contributed by atoms with van der Waals surface area (Å²) in [4.78, 5) is 28.7. The van der Waals surface area contributed by atoms with Gasteiger partial charge in [-0.05, 0) is 6.07 Å². The van der Waals surface area contributed by atoms with Gasteiger partial charge in [0.05, 0.1) is 19.6 Å². The highest BCUT2D eigenvalue weighted by Gasteiger charge is 2.32. The van der Waals surface area contributed by atoms with Crippen LogP contribution >= 0.6 is 0 Å². The van der Waals surface area contributed by atoms with Crippen LogP contribution in [0.4, 0.5) is 0 Å². The van der Waals surface area contributed by atoms with E-state index in [1.54, 1.807) is 24.2 Å². The topological polar surface area (TPSA) is 61.9 Å². The maximum absolute atomic E-state index is 12.7. The van der Waals surface area contributed by atoms with Gasteiger partial charge in [0.25, 0.3) is 0 Å². The molecule has 1 aromatic carbocycles. The van der Waals surface area contributed by atoms with E-state index in [0.717, 1.165) is 11.3 Å². The number of hydrogen-bond donors (Lipinski definition) is 1. The van der Waals surface area contributed by atoms with Crippen LogP contribution < -0.4 is 10.1 Å². The SMILES string of the molecule is C=CCN(CC=C)C(=O)CC1C(=O)NCCN1CC=Cc1ccccc1OC. The number of benzene rings is 1. The van der Waals surface area contributed by atoms with Crippen LogP contribution in [-0.4, -0.2) is 67.5 Å². The number of methoxy groups -OCH3 is 1. The number of amides is 2. The summed E-state index contributed by atoms with van der Waals surface area (Å²) in [6.45, 7) is 10.1. The molecule has 1 N–H and O–H groups in total. The number of nitrogens with zero attached hydrogens (tertiary/aromatic N) is 2. The van der Waals surface area contributed by atoms with E-state index in [4.69, 9.17) is 4.74 Å². The van der Waals surface area contributed by atoms with E-state index in [-0.39, 0.29) is 18.2 Å². The average molecular weight is 383 g/mol. The van der Waals surface area contributed by atoms with Crippen molar-refractivity contribution in [3.63, 3.8) is 0 Å². The predicted molar refractivity (Wildman–Crippen MR) is 112 cm³/mol. The molecule has 6 heteroatoms. The molecule has 0 radical (unpaired) electrons. The van der Waals surface area contributed by atoms with Crippen LogP contribution in [0.2, 0.25) is 0 Å². The first-order valence-corrected chi connectivity index (χ1v) is 9.41. The summed E-state index contributed by atoms with van der Waals surface area (Å²) in [5.41, 5.74) is 0.974. The second-order valence-corrected chi connectivity index (χ2v) is 6.53. The van der Waals surface area contributed by atoms with Crippen LogP contribution in [-0.2, 0) is 9.59 Å². The van der Waals surface area contributed by atoms with E-state index in [0.29, 0.717) is 32.7 Å². The molecule has 28 heavy (non-hydrogen) atoms. The molecule has 6 nitrogen and oxygen atoms in total. The number of ether oxygens (including phenoxy) is 1. The first-order chi connectivity index (χ1) is 13.6. The van der Waals surface area contributed by atoms with Crippen LogP contribution in [0.5, 0.6) is 5.75 Å². The average Bonchev–Trinajstić information content (AvgIpc) is 2.70. The minimum absolute atomic E-state index is 0.0828. The van der Waals surface area contributed by atoms with Crippen molar-refractivity contribution in [3.8, 4) is 5.75 Å². The number of nitrogens with one attached hydrogen (secondary N) is 1. The molecule has 1 aromatic rings. The van der Waals surface area contributed by atoms with E-state index in [1.807, 2.05) is 41.3 Å². The van der Waals surface area contributed by atoms with Crippen LogP contribution in [0.3, 0.4) is 0 Å². The lowest BCUT2D eigenvalue weighted by molar-refractivity contribution is -0.138. The van der Waals surface area contributed by atoms with Gasteiger partial charge < -0.3 is 15.0 Å². The Balaban J connectivity index is 2.05. The van der Waals surface area contributed by atoms with Gasteiger partial charge in [-0.3, -0.25) is 14.5 Å². The molecular formula is C22H29N3O3. The Labute approximate surface area is 167 Å². The fourth-order valence-corrected chi connectivity index (χ4v) is 3.21. The molecule has 0 saturated carbocycles. The van der Waals surface area contributed by atoms with E-state index >= 15 is 0 Å². The quantitative estimate of drug-likeness (QED) is 0.629. The third-order valence-corrected chi connectivity index (χ3v) is 4.64. The number of carbonyl (C=O) groups excluding carboxylic acids is 2. The lowest BCUT2D eigenvalue weighted by Crippen LogP contribution is -2.56. The van der Waals surface area contributed by atoms with Crippen LogP contribution in [0.25, 0.3) is 6.08 Å². The van der Waals surface area contributed by atoms with Crippen molar-refractivity contribution < 1.29 is 14.3 Å². The smallest absolute Gasteiger partial charge is 0.237 e. The van der Waals surface area contributed by atoms with Gasteiger partial charge in [-0.25, -0.2) is 0 Å². The third kappa shape index (κ3) is 5.82. The van der Waals surface area contributed by atoms with Gasteiger partial charge in [-0.15, -0.1) is 13.2 Å². The lowest BCUT2D eigenvalue weighted by Gasteiger charge is -2.35. The van der Waals surface area contributed by atoms with Gasteiger partial charge in [-0.2, -0.15) is 0 Å². The van der Waals surface area contributed by atoms with Crippen LogP contribution in [0.15, 0.2) is 55.7 Å². The van der Waals surface area contributed by atoms with Crippen molar-refractivity contribution >= 4 is 17.9 Å². The zero-order valence-corrected chi connectivity index (χ0v) is 16.5. The number of hydrogen-bond acceptors (Lipinski definition) is 4. The Morgan fingerprint density at radius 3 is 2.71 bits per heavy atom. The highest BCUT2D eigenvalue weighted by atomic mass is 16.5. The molecule has 1 unspecified atom stereocenters. The monoisotopic (exact) mass is 383 g/mol. The minimum atomic E-state index is -0.485. The molecule has 1 aliphatic rings. The van der Waals surface area contributed by atoms with Crippen molar-refractivity contribution in [2.45, 2.75) is 12.5 Å². The Bertz CT molecular complexity index is 719. The number of carbonyl (C=O) groups is 2. The Morgan fingerprint density at radius 2 is 2.04 bits per heavy atom. The molecule has 0 spiro atoms. The van der Waals surface area contributed by atoms with E-state index < -0.39 is 6.04 Å². The maximum Gasteiger partial charge on any atom is 0.237 e. The molecule has 1 saturated heterocycles. The van der Waals surface area contributed by atoms with E-state index in [9.17, 15) is 9.59 Å². The second-order valence-electron chi connectivity index (χ2n) is 6.53. The molecule has 2 rings (SSSR count). The molecule has 0 bridgehead atoms. The Kier molecular flexibility index (Phi) is 8.49. The summed E-state index contributed by atoms with van der Waals surface area (Å²) in [7, 11) is 1.64. The van der Waals surface area contributed by atoms with Crippen LogP contribution in [0, 0.1) is 0 Å². The second kappa shape index (κ2) is 11.1. The van der Waals surface area contributed by atoms with E-state index in [1.165, 1.54) is 0 Å². The Morgan fingerprint density at radius 1 is 1.32 bits per heavy atom. The summed E-state index contributed by atoms with van der Waals surface area (Å²) >= 11 is 0. The van der Waals surface area contributed by atoms with Gasteiger partial charge >= 0.3 is 0 Å². The van der Waals surface area contributed by atoms with Gasteiger partial charge in [0.15, 0.2) is 0 Å². The van der Waals surface area contributed by atoms with Crippen molar-refractivity contribution in [1.29, 1.82) is 0 Å². The fourth-order valence-electron chi connectivity index (χ4n) is 3.21. The largest absolute Gasteiger partial charge is 0.496 e. The molecular weight excluding hydrogens is 354 g/mol. The zero-order chi connectivity index (χ0) is 20.4.